The quantitative estimate of drug-likeness (QED) is 0.925. The van der Waals surface area contributed by atoms with E-state index < -0.39 is 0 Å². The Hall–Kier alpha value is -0.830. The highest BCUT2D eigenvalue weighted by atomic mass is 15.1. The average molecular weight is 287 g/mol. The highest BCUT2D eigenvalue weighted by Crippen LogP contribution is 2.57. The fraction of sp³-hybridized carbons (Fsp3) is 0.833. The fourth-order valence-electron chi connectivity index (χ4n) is 5.46. The SMILES string of the molecule is CC1(C)[C@H]2CCCC[C@H]2[C@@H]1NC[C@@H]1CCc2nccn2C1. The van der Waals surface area contributed by atoms with Crippen LogP contribution in [-0.2, 0) is 13.0 Å². The molecule has 2 saturated carbocycles. The van der Waals surface area contributed by atoms with Crippen LogP contribution >= 0.6 is 0 Å². The number of aromatic nitrogens is 2. The monoisotopic (exact) mass is 287 g/mol. The molecule has 4 rings (SSSR count). The van der Waals surface area contributed by atoms with Crippen molar-refractivity contribution < 1.29 is 0 Å². The highest BCUT2D eigenvalue weighted by molar-refractivity contribution is 5.09. The van der Waals surface area contributed by atoms with E-state index in [4.69, 9.17) is 0 Å². The molecule has 0 saturated heterocycles. The molecule has 116 valence electrons. The first-order valence-electron chi connectivity index (χ1n) is 8.89. The molecule has 0 unspecified atom stereocenters. The predicted molar refractivity (Wildman–Crippen MR) is 85.1 cm³/mol. The van der Waals surface area contributed by atoms with Gasteiger partial charge >= 0.3 is 0 Å². The van der Waals surface area contributed by atoms with Crippen molar-refractivity contribution in [3.63, 3.8) is 0 Å². The number of nitrogens with zero attached hydrogens (tertiary/aromatic N) is 2. The first kappa shape index (κ1) is 13.8. The lowest BCUT2D eigenvalue weighted by Gasteiger charge is -2.61. The third-order valence-corrected chi connectivity index (χ3v) is 6.66. The van der Waals surface area contributed by atoms with Gasteiger partial charge < -0.3 is 9.88 Å². The predicted octanol–water partition coefficient (Wildman–Crippen LogP) is 3.25. The Morgan fingerprint density at radius 1 is 1.29 bits per heavy atom. The van der Waals surface area contributed by atoms with Gasteiger partial charge in [0.25, 0.3) is 0 Å². The zero-order valence-electron chi connectivity index (χ0n) is 13.5. The summed E-state index contributed by atoms with van der Waals surface area (Å²) in [6, 6.07) is 0.756. The number of imidazole rings is 1. The van der Waals surface area contributed by atoms with E-state index in [2.05, 4.69) is 34.9 Å². The molecule has 4 atom stereocenters. The second-order valence-corrected chi connectivity index (χ2v) is 8.16. The fourth-order valence-corrected chi connectivity index (χ4v) is 5.46. The second kappa shape index (κ2) is 5.12. The van der Waals surface area contributed by atoms with Crippen LogP contribution in [0.25, 0.3) is 0 Å². The lowest BCUT2D eigenvalue weighted by atomic mass is 9.47. The van der Waals surface area contributed by atoms with Crippen molar-refractivity contribution in [1.82, 2.24) is 14.9 Å². The van der Waals surface area contributed by atoms with Crippen LogP contribution in [-0.4, -0.2) is 22.1 Å². The van der Waals surface area contributed by atoms with E-state index in [9.17, 15) is 0 Å². The van der Waals surface area contributed by atoms with E-state index in [-0.39, 0.29) is 0 Å². The molecule has 3 heteroatoms. The summed E-state index contributed by atoms with van der Waals surface area (Å²) >= 11 is 0. The molecule has 2 heterocycles. The van der Waals surface area contributed by atoms with Crippen molar-refractivity contribution in [2.45, 2.75) is 65.0 Å². The second-order valence-electron chi connectivity index (χ2n) is 8.16. The minimum absolute atomic E-state index is 0.514. The minimum atomic E-state index is 0.514. The topological polar surface area (TPSA) is 29.9 Å². The molecule has 0 radical (unpaired) electrons. The van der Waals surface area contributed by atoms with Gasteiger partial charge in [-0.1, -0.05) is 26.7 Å². The average Bonchev–Trinajstić information content (AvgIpc) is 2.95. The van der Waals surface area contributed by atoms with Gasteiger partial charge in [0.05, 0.1) is 0 Å². The van der Waals surface area contributed by atoms with Crippen molar-refractivity contribution in [3.8, 4) is 0 Å². The van der Waals surface area contributed by atoms with E-state index >= 15 is 0 Å². The van der Waals surface area contributed by atoms with Crippen LogP contribution in [0.3, 0.4) is 0 Å². The third-order valence-electron chi connectivity index (χ3n) is 6.66. The number of fused-ring (bicyclic) bond motifs is 2. The first-order valence-corrected chi connectivity index (χ1v) is 8.89. The van der Waals surface area contributed by atoms with Crippen LogP contribution < -0.4 is 5.32 Å². The minimum Gasteiger partial charge on any atom is -0.335 e. The van der Waals surface area contributed by atoms with Gasteiger partial charge in [0.15, 0.2) is 0 Å². The maximum absolute atomic E-state index is 4.43. The third kappa shape index (κ3) is 2.25. The van der Waals surface area contributed by atoms with E-state index in [0.29, 0.717) is 5.41 Å². The van der Waals surface area contributed by atoms with Crippen LogP contribution in [0.1, 0.15) is 51.8 Å². The van der Waals surface area contributed by atoms with Gasteiger partial charge in [-0.15, -0.1) is 0 Å². The van der Waals surface area contributed by atoms with Gasteiger partial charge in [-0.2, -0.15) is 0 Å². The van der Waals surface area contributed by atoms with Gasteiger partial charge in [-0.25, -0.2) is 4.98 Å². The standard InChI is InChI=1S/C18H29N3/c1-18(2)15-6-4-3-5-14(15)17(18)20-11-13-7-8-16-19-9-10-21(16)12-13/h9-10,13-15,17,20H,3-8,11-12H2,1-2H3/t13-,14+,15-,17-/m0/s1. The Morgan fingerprint density at radius 3 is 3.05 bits per heavy atom. The highest BCUT2D eigenvalue weighted by Gasteiger charge is 2.55. The number of hydrogen-bond acceptors (Lipinski definition) is 2. The van der Waals surface area contributed by atoms with E-state index in [1.165, 1.54) is 44.5 Å². The smallest absolute Gasteiger partial charge is 0.108 e. The Kier molecular flexibility index (Phi) is 3.36. The largest absolute Gasteiger partial charge is 0.335 e. The summed E-state index contributed by atoms with van der Waals surface area (Å²) in [6.45, 7) is 7.33. The van der Waals surface area contributed by atoms with Crippen molar-refractivity contribution in [2.75, 3.05) is 6.54 Å². The number of hydrogen-bond donors (Lipinski definition) is 1. The van der Waals surface area contributed by atoms with Crippen LogP contribution in [0.5, 0.6) is 0 Å². The molecule has 3 aliphatic rings. The normalized spacial score (nSPS) is 37.4. The first-order chi connectivity index (χ1) is 10.2. The summed E-state index contributed by atoms with van der Waals surface area (Å²) in [5.41, 5.74) is 0.514. The number of rotatable bonds is 3. The van der Waals surface area contributed by atoms with Crippen molar-refractivity contribution >= 4 is 0 Å². The summed E-state index contributed by atoms with van der Waals surface area (Å²) < 4.78 is 2.35. The number of nitrogens with one attached hydrogen (secondary N) is 1. The van der Waals surface area contributed by atoms with Crippen LogP contribution in [0.2, 0.25) is 0 Å². The molecule has 2 aliphatic carbocycles. The molecule has 0 spiro atoms. The summed E-state index contributed by atoms with van der Waals surface area (Å²) in [5.74, 6) is 4.00. The molecule has 1 aliphatic heterocycles. The summed E-state index contributed by atoms with van der Waals surface area (Å²) in [5, 5.41) is 3.97. The summed E-state index contributed by atoms with van der Waals surface area (Å²) in [7, 11) is 0. The lowest BCUT2D eigenvalue weighted by molar-refractivity contribution is -0.0888. The number of aryl methyl sites for hydroxylation is 1. The molecule has 0 bridgehead atoms. The molecule has 0 aromatic carbocycles. The Morgan fingerprint density at radius 2 is 2.14 bits per heavy atom. The van der Waals surface area contributed by atoms with Gasteiger partial charge in [0.2, 0.25) is 0 Å². The maximum atomic E-state index is 4.43. The van der Waals surface area contributed by atoms with Gasteiger partial charge in [0, 0.05) is 31.4 Å². The molecular formula is C18H29N3. The van der Waals surface area contributed by atoms with Crippen molar-refractivity contribution in [3.05, 3.63) is 18.2 Å². The van der Waals surface area contributed by atoms with Crippen molar-refractivity contribution in [1.29, 1.82) is 0 Å². The molecule has 1 N–H and O–H groups in total. The summed E-state index contributed by atoms with van der Waals surface area (Å²) in [4.78, 5) is 4.43. The molecule has 0 amide bonds. The Balaban J connectivity index is 1.35. The van der Waals surface area contributed by atoms with Gasteiger partial charge in [-0.3, -0.25) is 0 Å². The van der Waals surface area contributed by atoms with Gasteiger partial charge in [0.1, 0.15) is 5.82 Å². The molecule has 3 nitrogen and oxygen atoms in total. The lowest BCUT2D eigenvalue weighted by Crippen LogP contribution is -2.65. The molecule has 2 fully saturated rings. The molecule has 1 aromatic rings. The Bertz CT molecular complexity index is 504. The molecular weight excluding hydrogens is 258 g/mol. The van der Waals surface area contributed by atoms with Gasteiger partial charge in [-0.05, 0) is 49.0 Å². The van der Waals surface area contributed by atoms with Crippen LogP contribution in [0.15, 0.2) is 12.4 Å². The van der Waals surface area contributed by atoms with Crippen molar-refractivity contribution in [2.24, 2.45) is 23.2 Å². The zero-order chi connectivity index (χ0) is 14.4. The summed E-state index contributed by atoms with van der Waals surface area (Å²) in [6.07, 6.45) is 12.4. The maximum Gasteiger partial charge on any atom is 0.108 e. The van der Waals surface area contributed by atoms with Crippen LogP contribution in [0, 0.1) is 23.2 Å². The Labute approximate surface area is 128 Å². The molecule has 1 aromatic heterocycles. The zero-order valence-corrected chi connectivity index (χ0v) is 13.5. The van der Waals surface area contributed by atoms with E-state index in [1.807, 2.05) is 6.20 Å². The molecule has 21 heavy (non-hydrogen) atoms. The van der Waals surface area contributed by atoms with E-state index in [0.717, 1.165) is 36.8 Å². The van der Waals surface area contributed by atoms with E-state index in [1.54, 1.807) is 0 Å². The van der Waals surface area contributed by atoms with Crippen LogP contribution in [0.4, 0.5) is 0 Å².